The number of hydrogen-bond acceptors (Lipinski definition) is 6. The highest BCUT2D eigenvalue weighted by Gasteiger charge is 2.23. The average molecular weight is 418 g/mol. The maximum atomic E-state index is 11.1. The second-order valence-corrected chi connectivity index (χ2v) is 8.40. The van der Waals surface area contributed by atoms with Crippen molar-refractivity contribution in [3.05, 3.63) is 70.3 Å². The number of nitro groups is 1. The maximum Gasteiger partial charge on any atom is 0.269 e. The molecule has 0 aliphatic heterocycles. The summed E-state index contributed by atoms with van der Waals surface area (Å²) in [4.78, 5) is 22.3. The second-order valence-electron chi connectivity index (χ2n) is 7.23. The first kappa shape index (κ1) is 22.9. The van der Waals surface area contributed by atoms with E-state index in [4.69, 9.17) is 0 Å². The molecule has 0 bridgehead atoms. The number of aliphatic hydroxyl groups is 1. The van der Waals surface area contributed by atoms with E-state index >= 15 is 0 Å². The highest BCUT2D eigenvalue weighted by Crippen LogP contribution is 2.26. The normalized spacial score (nSPS) is 13.3. The number of nitrogens with zero attached hydrogens (tertiary/aromatic N) is 2. The SMILES string of the molecule is CC(C)CN(CC(O)C(Cc1ccccc1)NC=O)Sc1ccc([N+](=O)[O-])cc1. The topological polar surface area (TPSA) is 95.7 Å². The Kier molecular flexibility index (Phi) is 9.11. The summed E-state index contributed by atoms with van der Waals surface area (Å²) in [5, 5.41) is 24.4. The molecule has 0 aliphatic carbocycles. The van der Waals surface area contributed by atoms with Crippen molar-refractivity contribution < 1.29 is 14.8 Å². The fourth-order valence-electron chi connectivity index (χ4n) is 2.93. The van der Waals surface area contributed by atoms with E-state index in [2.05, 4.69) is 19.2 Å². The van der Waals surface area contributed by atoms with Gasteiger partial charge in [0.15, 0.2) is 0 Å². The fraction of sp³-hybridized carbons (Fsp3) is 0.381. The number of aliphatic hydroxyl groups excluding tert-OH is 1. The predicted molar refractivity (Wildman–Crippen MR) is 115 cm³/mol. The zero-order valence-corrected chi connectivity index (χ0v) is 17.4. The first-order valence-electron chi connectivity index (χ1n) is 9.48. The Morgan fingerprint density at radius 3 is 2.34 bits per heavy atom. The van der Waals surface area contributed by atoms with Gasteiger partial charge in [0.05, 0.1) is 17.1 Å². The van der Waals surface area contributed by atoms with Crippen molar-refractivity contribution >= 4 is 24.0 Å². The predicted octanol–water partition coefficient (Wildman–Crippen LogP) is 3.28. The highest BCUT2D eigenvalue weighted by atomic mass is 32.2. The molecule has 0 fully saturated rings. The van der Waals surface area contributed by atoms with Gasteiger partial charge in [0, 0.05) is 30.1 Å². The lowest BCUT2D eigenvalue weighted by molar-refractivity contribution is -0.384. The minimum Gasteiger partial charge on any atom is -0.390 e. The van der Waals surface area contributed by atoms with E-state index in [0.717, 1.165) is 17.0 Å². The summed E-state index contributed by atoms with van der Waals surface area (Å²) in [7, 11) is 0. The largest absolute Gasteiger partial charge is 0.390 e. The molecule has 2 atom stereocenters. The molecule has 0 aliphatic rings. The standard InChI is InChI=1S/C21H27N3O4S/c1-16(2)13-23(29-19-10-8-18(9-11-19)24(27)28)14-21(26)20(22-15-25)12-17-6-4-3-5-7-17/h3-11,15-16,20-21,26H,12-14H2,1-2H3,(H,22,25). The summed E-state index contributed by atoms with van der Waals surface area (Å²) in [6, 6.07) is 15.6. The van der Waals surface area contributed by atoms with Crippen LogP contribution in [0, 0.1) is 16.0 Å². The Hall–Kier alpha value is -2.42. The van der Waals surface area contributed by atoms with Crippen molar-refractivity contribution in [2.45, 2.75) is 37.3 Å². The van der Waals surface area contributed by atoms with Crippen LogP contribution in [0.25, 0.3) is 0 Å². The fourth-order valence-corrected chi connectivity index (χ4v) is 4.09. The van der Waals surface area contributed by atoms with Crippen LogP contribution in [-0.2, 0) is 11.2 Å². The molecule has 0 aromatic heterocycles. The molecule has 2 N–H and O–H groups in total. The molecule has 1 amide bonds. The van der Waals surface area contributed by atoms with Crippen LogP contribution < -0.4 is 5.32 Å². The summed E-state index contributed by atoms with van der Waals surface area (Å²) in [6.45, 7) is 5.23. The van der Waals surface area contributed by atoms with Gasteiger partial charge < -0.3 is 10.4 Å². The van der Waals surface area contributed by atoms with Gasteiger partial charge in [-0.3, -0.25) is 14.9 Å². The molecule has 0 heterocycles. The summed E-state index contributed by atoms with van der Waals surface area (Å²) >= 11 is 1.44. The number of carbonyl (C=O) groups excluding carboxylic acids is 1. The Bertz CT molecular complexity index is 771. The first-order valence-corrected chi connectivity index (χ1v) is 10.3. The minimum absolute atomic E-state index is 0.0444. The van der Waals surface area contributed by atoms with Gasteiger partial charge in [-0.1, -0.05) is 44.2 Å². The van der Waals surface area contributed by atoms with E-state index in [1.165, 1.54) is 24.1 Å². The minimum atomic E-state index is -0.773. The molecule has 2 aromatic rings. The van der Waals surface area contributed by atoms with Gasteiger partial charge in [0.25, 0.3) is 5.69 Å². The van der Waals surface area contributed by atoms with Crippen LogP contribution in [0.1, 0.15) is 19.4 Å². The number of non-ortho nitro benzene ring substituents is 1. The first-order chi connectivity index (χ1) is 13.9. The average Bonchev–Trinajstić information content (AvgIpc) is 2.68. The van der Waals surface area contributed by atoms with Crippen molar-refractivity contribution in [3.8, 4) is 0 Å². The van der Waals surface area contributed by atoms with Gasteiger partial charge in [-0.15, -0.1) is 0 Å². The van der Waals surface area contributed by atoms with E-state index in [1.807, 2.05) is 34.6 Å². The smallest absolute Gasteiger partial charge is 0.269 e. The van der Waals surface area contributed by atoms with Crippen LogP contribution in [0.15, 0.2) is 59.5 Å². The van der Waals surface area contributed by atoms with Crippen molar-refractivity contribution in [3.63, 3.8) is 0 Å². The van der Waals surface area contributed by atoms with E-state index in [-0.39, 0.29) is 5.69 Å². The molecule has 2 unspecified atom stereocenters. The Labute approximate surface area is 175 Å². The van der Waals surface area contributed by atoms with Crippen molar-refractivity contribution in [1.82, 2.24) is 9.62 Å². The molecule has 156 valence electrons. The van der Waals surface area contributed by atoms with Crippen LogP contribution in [0.3, 0.4) is 0 Å². The lowest BCUT2D eigenvalue weighted by Crippen LogP contribution is -2.46. The van der Waals surface area contributed by atoms with E-state index < -0.39 is 17.1 Å². The van der Waals surface area contributed by atoms with E-state index in [0.29, 0.717) is 25.3 Å². The van der Waals surface area contributed by atoms with Gasteiger partial charge >= 0.3 is 0 Å². The third kappa shape index (κ3) is 7.84. The zero-order valence-electron chi connectivity index (χ0n) is 16.6. The summed E-state index contributed by atoms with van der Waals surface area (Å²) in [6.07, 6.45) is 0.371. The number of nitrogens with one attached hydrogen (secondary N) is 1. The second kappa shape index (κ2) is 11.5. The van der Waals surface area contributed by atoms with Crippen LogP contribution in [0.4, 0.5) is 5.69 Å². The summed E-state index contributed by atoms with van der Waals surface area (Å²) in [5.41, 5.74) is 1.08. The van der Waals surface area contributed by atoms with Crippen LogP contribution in [0.5, 0.6) is 0 Å². The Morgan fingerprint density at radius 2 is 1.79 bits per heavy atom. The lowest BCUT2D eigenvalue weighted by Gasteiger charge is -2.29. The molecule has 2 rings (SSSR count). The molecule has 0 radical (unpaired) electrons. The Balaban J connectivity index is 2.07. The van der Waals surface area contributed by atoms with Gasteiger partial charge in [0.1, 0.15) is 0 Å². The molecule has 0 spiro atoms. The molecule has 7 nitrogen and oxygen atoms in total. The molecule has 0 saturated heterocycles. The monoisotopic (exact) mass is 417 g/mol. The molecule has 29 heavy (non-hydrogen) atoms. The number of carbonyl (C=O) groups is 1. The number of benzene rings is 2. The van der Waals surface area contributed by atoms with E-state index in [9.17, 15) is 20.0 Å². The van der Waals surface area contributed by atoms with Crippen molar-refractivity contribution in [2.75, 3.05) is 13.1 Å². The molecule has 0 saturated carbocycles. The lowest BCUT2D eigenvalue weighted by atomic mass is 10.0. The quantitative estimate of drug-likeness (QED) is 0.238. The zero-order chi connectivity index (χ0) is 21.2. The number of amides is 1. The van der Waals surface area contributed by atoms with Gasteiger partial charge in [-0.05, 0) is 42.0 Å². The molecular weight excluding hydrogens is 390 g/mol. The number of nitro benzene ring substituents is 1. The van der Waals surface area contributed by atoms with Gasteiger partial charge in [-0.2, -0.15) is 0 Å². The third-order valence-electron chi connectivity index (χ3n) is 4.29. The van der Waals surface area contributed by atoms with Crippen LogP contribution in [0.2, 0.25) is 0 Å². The molecular formula is C21H27N3O4S. The highest BCUT2D eigenvalue weighted by molar-refractivity contribution is 7.97. The number of hydrogen-bond donors (Lipinski definition) is 2. The van der Waals surface area contributed by atoms with Crippen molar-refractivity contribution in [1.29, 1.82) is 0 Å². The summed E-state index contributed by atoms with van der Waals surface area (Å²) in [5.74, 6) is 0.361. The van der Waals surface area contributed by atoms with Crippen molar-refractivity contribution in [2.24, 2.45) is 5.92 Å². The van der Waals surface area contributed by atoms with Gasteiger partial charge in [0.2, 0.25) is 6.41 Å². The summed E-state index contributed by atoms with van der Waals surface area (Å²) < 4.78 is 2.03. The van der Waals surface area contributed by atoms with Crippen LogP contribution in [-0.4, -0.2) is 46.0 Å². The number of rotatable bonds is 12. The third-order valence-corrected chi connectivity index (χ3v) is 5.33. The maximum absolute atomic E-state index is 11.1. The molecule has 8 heteroatoms. The molecule has 2 aromatic carbocycles. The van der Waals surface area contributed by atoms with Crippen LogP contribution >= 0.6 is 11.9 Å². The van der Waals surface area contributed by atoms with E-state index in [1.54, 1.807) is 12.1 Å². The van der Waals surface area contributed by atoms with Gasteiger partial charge in [-0.25, -0.2) is 4.31 Å². The Morgan fingerprint density at radius 1 is 1.14 bits per heavy atom.